The Kier molecular flexibility index (Phi) is 14.9. The van der Waals surface area contributed by atoms with Crippen molar-refractivity contribution in [3.63, 3.8) is 0 Å². The van der Waals surface area contributed by atoms with Gasteiger partial charge in [0.15, 0.2) is 0 Å². The first kappa shape index (κ1) is 30.2. The maximum atomic E-state index is 12.4. The molecule has 0 heterocycles. The van der Waals surface area contributed by atoms with Crippen LogP contribution in [0.1, 0.15) is 107 Å². The van der Waals surface area contributed by atoms with E-state index in [2.05, 4.69) is 12.2 Å². The molecule has 0 bridgehead atoms. The molecule has 0 aromatic heterocycles. The third kappa shape index (κ3) is 12.6. The number of ether oxygens (including phenoxy) is 2. The predicted molar refractivity (Wildman–Crippen MR) is 135 cm³/mol. The number of benzene rings is 1. The molecule has 0 aliphatic rings. The van der Waals surface area contributed by atoms with Crippen LogP contribution in [0.2, 0.25) is 0 Å². The lowest BCUT2D eigenvalue weighted by molar-refractivity contribution is 0.0904. The van der Waals surface area contributed by atoms with Crippen molar-refractivity contribution < 1.29 is 27.2 Å². The molecule has 1 rings (SSSR count). The first-order chi connectivity index (χ1) is 16.2. The van der Waals surface area contributed by atoms with E-state index in [4.69, 9.17) is 9.47 Å². The zero-order chi connectivity index (χ0) is 25.4. The van der Waals surface area contributed by atoms with Gasteiger partial charge in [-0.05, 0) is 55.9 Å². The number of hydrogen-bond acceptors (Lipinski definition) is 6. The van der Waals surface area contributed by atoms with Gasteiger partial charge in [0.1, 0.15) is 11.9 Å². The molecular weight excluding hydrogens is 454 g/mol. The van der Waals surface area contributed by atoms with Gasteiger partial charge in [-0.3, -0.25) is 0 Å². The van der Waals surface area contributed by atoms with Crippen molar-refractivity contribution in [2.75, 3.05) is 19.4 Å². The van der Waals surface area contributed by atoms with Crippen LogP contribution in [-0.2, 0) is 14.9 Å². The number of rotatable bonds is 18. The number of carbonyl (C=O) groups excluding carboxylic acids is 1. The van der Waals surface area contributed by atoms with Crippen molar-refractivity contribution >= 4 is 16.2 Å². The second-order valence-electron chi connectivity index (χ2n) is 9.01. The van der Waals surface area contributed by atoms with E-state index in [0.29, 0.717) is 6.42 Å². The fraction of sp³-hybridized carbons (Fsp3) is 0.731. The lowest BCUT2D eigenvalue weighted by Gasteiger charge is -2.22. The summed E-state index contributed by atoms with van der Waals surface area (Å²) in [5, 5.41) is 2.56. The van der Waals surface area contributed by atoms with Gasteiger partial charge in [-0.25, -0.2) is 13.2 Å². The molecule has 0 saturated carbocycles. The van der Waals surface area contributed by atoms with Crippen molar-refractivity contribution in [1.82, 2.24) is 5.32 Å². The van der Waals surface area contributed by atoms with Gasteiger partial charge in [0.25, 0.3) is 0 Å². The van der Waals surface area contributed by atoms with Crippen LogP contribution in [-0.4, -0.2) is 38.5 Å². The summed E-state index contributed by atoms with van der Waals surface area (Å²) in [6.45, 7) is 6.29. The zero-order valence-electron chi connectivity index (χ0n) is 21.5. The molecule has 0 aliphatic carbocycles. The average molecular weight is 499 g/mol. The fourth-order valence-corrected chi connectivity index (χ4v) is 4.59. The van der Waals surface area contributed by atoms with E-state index in [1.807, 2.05) is 26.0 Å². The van der Waals surface area contributed by atoms with Crippen LogP contribution in [0.4, 0.5) is 4.79 Å². The highest BCUT2D eigenvalue weighted by Crippen LogP contribution is 2.32. The van der Waals surface area contributed by atoms with E-state index in [1.54, 1.807) is 7.11 Å². The van der Waals surface area contributed by atoms with E-state index < -0.39 is 28.1 Å². The highest BCUT2D eigenvalue weighted by Gasteiger charge is 2.20. The van der Waals surface area contributed by atoms with Crippen molar-refractivity contribution in [2.24, 2.45) is 0 Å². The number of carbonyl (C=O) groups is 1. The van der Waals surface area contributed by atoms with Crippen LogP contribution in [0.5, 0.6) is 5.75 Å². The topological polar surface area (TPSA) is 105 Å². The summed E-state index contributed by atoms with van der Waals surface area (Å²) in [6.07, 6.45) is 12.1. The third-order valence-corrected chi connectivity index (χ3v) is 7.04. The van der Waals surface area contributed by atoms with E-state index in [1.165, 1.54) is 51.4 Å². The second-order valence-corrected chi connectivity index (χ2v) is 10.5. The van der Waals surface area contributed by atoms with Crippen molar-refractivity contribution in [1.29, 1.82) is 0 Å². The normalized spacial score (nSPS) is 12.4. The Morgan fingerprint density at radius 3 is 2.09 bits per heavy atom. The number of amides is 1. The summed E-state index contributed by atoms with van der Waals surface area (Å²) < 4.78 is 43.3. The standard InChI is InChI=1S/C26H45NO6S/c1-5-6-7-8-9-10-11-12-13-14-16-25(23-17-18-24(32-4)22(3)21(23)2)33-26(28)27-19-15-20-34(29,30)31/h17-18,25H,5-16,19-20H2,1-4H3,(H,27,28)(H,29,30,31)/p-1. The van der Waals surface area contributed by atoms with Gasteiger partial charge in [-0.15, -0.1) is 0 Å². The second kappa shape index (κ2) is 16.8. The lowest BCUT2D eigenvalue weighted by Crippen LogP contribution is -2.28. The number of hydrogen-bond donors (Lipinski definition) is 1. The third-order valence-electron chi connectivity index (χ3n) is 6.26. The molecular formula is C26H44NO6S-. The number of unbranched alkanes of at least 4 members (excludes halogenated alkanes) is 9. The Labute approximate surface area is 206 Å². The maximum absolute atomic E-state index is 12.4. The van der Waals surface area contributed by atoms with Crippen LogP contribution < -0.4 is 10.1 Å². The summed E-state index contributed by atoms with van der Waals surface area (Å²) in [4.78, 5) is 12.4. The SMILES string of the molecule is CCCCCCCCCCCCC(OC(=O)NCCCS(=O)(=O)[O-])c1ccc(OC)c(C)c1C. The molecule has 0 saturated heterocycles. The van der Waals surface area contributed by atoms with Gasteiger partial charge in [0.2, 0.25) is 0 Å². The Balaban J connectivity index is 2.60. The minimum atomic E-state index is -4.29. The molecule has 0 aliphatic heterocycles. The minimum absolute atomic E-state index is 0.0602. The van der Waals surface area contributed by atoms with Gasteiger partial charge < -0.3 is 19.3 Å². The minimum Gasteiger partial charge on any atom is -0.748 e. The van der Waals surface area contributed by atoms with E-state index in [9.17, 15) is 17.8 Å². The molecule has 1 aromatic rings. The van der Waals surface area contributed by atoms with Crippen molar-refractivity contribution in [2.45, 2.75) is 104 Å². The molecule has 1 aromatic carbocycles. The zero-order valence-corrected chi connectivity index (χ0v) is 22.3. The van der Waals surface area contributed by atoms with Gasteiger partial charge in [0.05, 0.1) is 17.2 Å². The monoisotopic (exact) mass is 498 g/mol. The number of methoxy groups -OCH3 is 1. The Hall–Kier alpha value is -1.80. The summed E-state index contributed by atoms with van der Waals surface area (Å²) in [6, 6.07) is 3.84. The number of nitrogens with one attached hydrogen (secondary N) is 1. The Morgan fingerprint density at radius 2 is 1.53 bits per heavy atom. The summed E-state index contributed by atoms with van der Waals surface area (Å²) >= 11 is 0. The van der Waals surface area contributed by atoms with E-state index >= 15 is 0 Å². The van der Waals surface area contributed by atoms with Gasteiger partial charge in [0, 0.05) is 12.3 Å². The molecule has 34 heavy (non-hydrogen) atoms. The highest BCUT2D eigenvalue weighted by atomic mass is 32.2. The highest BCUT2D eigenvalue weighted by molar-refractivity contribution is 7.85. The molecule has 0 spiro atoms. The van der Waals surface area contributed by atoms with E-state index in [-0.39, 0.29) is 13.0 Å². The number of alkyl carbamates (subject to hydrolysis) is 1. The van der Waals surface area contributed by atoms with Crippen LogP contribution in [0, 0.1) is 13.8 Å². The van der Waals surface area contributed by atoms with Crippen LogP contribution in [0.3, 0.4) is 0 Å². The summed E-state index contributed by atoms with van der Waals surface area (Å²) in [5.74, 6) is 0.286. The largest absolute Gasteiger partial charge is 0.748 e. The Bertz CT molecular complexity index is 825. The first-order valence-corrected chi connectivity index (χ1v) is 14.3. The molecule has 0 radical (unpaired) electrons. The van der Waals surface area contributed by atoms with Crippen molar-refractivity contribution in [3.8, 4) is 5.75 Å². The molecule has 1 amide bonds. The van der Waals surface area contributed by atoms with Gasteiger partial charge in [-0.2, -0.15) is 0 Å². The van der Waals surface area contributed by atoms with Crippen LogP contribution in [0.15, 0.2) is 12.1 Å². The lowest BCUT2D eigenvalue weighted by atomic mass is 9.94. The van der Waals surface area contributed by atoms with Crippen LogP contribution >= 0.6 is 0 Å². The summed E-state index contributed by atoms with van der Waals surface area (Å²) in [7, 11) is -2.65. The summed E-state index contributed by atoms with van der Waals surface area (Å²) in [5.41, 5.74) is 2.99. The molecule has 0 fully saturated rings. The molecule has 1 N–H and O–H groups in total. The molecule has 7 nitrogen and oxygen atoms in total. The van der Waals surface area contributed by atoms with Gasteiger partial charge in [-0.1, -0.05) is 70.8 Å². The molecule has 196 valence electrons. The van der Waals surface area contributed by atoms with Crippen LogP contribution in [0.25, 0.3) is 0 Å². The van der Waals surface area contributed by atoms with Gasteiger partial charge >= 0.3 is 6.09 Å². The quantitative estimate of drug-likeness (QED) is 0.187. The Morgan fingerprint density at radius 1 is 0.941 bits per heavy atom. The molecule has 1 unspecified atom stereocenters. The molecule has 8 heteroatoms. The van der Waals surface area contributed by atoms with Crippen molar-refractivity contribution in [3.05, 3.63) is 28.8 Å². The average Bonchev–Trinajstić information content (AvgIpc) is 2.78. The smallest absolute Gasteiger partial charge is 0.407 e. The van der Waals surface area contributed by atoms with E-state index in [0.717, 1.165) is 35.3 Å². The first-order valence-electron chi connectivity index (χ1n) is 12.7. The molecule has 1 atom stereocenters. The maximum Gasteiger partial charge on any atom is 0.407 e. The predicted octanol–water partition coefficient (Wildman–Crippen LogP) is 6.33. The fourth-order valence-electron chi connectivity index (χ4n) is 4.09.